The molecule has 0 spiro atoms. The molecular formula is C14H15N3O2. The minimum absolute atomic E-state index is 0.225. The van der Waals surface area contributed by atoms with Gasteiger partial charge >= 0.3 is 5.97 Å². The molecule has 2 aromatic heterocycles. The lowest BCUT2D eigenvalue weighted by atomic mass is 10.3. The Morgan fingerprint density at radius 1 is 1.53 bits per heavy atom. The molecule has 0 unspecified atom stereocenters. The summed E-state index contributed by atoms with van der Waals surface area (Å²) in [4.78, 5) is 16.0. The maximum Gasteiger partial charge on any atom is 0.355 e. The van der Waals surface area contributed by atoms with Gasteiger partial charge in [0.05, 0.1) is 5.69 Å². The van der Waals surface area contributed by atoms with Gasteiger partial charge in [0.25, 0.3) is 0 Å². The van der Waals surface area contributed by atoms with Crippen molar-refractivity contribution in [2.24, 2.45) is 0 Å². The summed E-state index contributed by atoms with van der Waals surface area (Å²) in [5, 5.41) is 0. The first kappa shape index (κ1) is 11.8. The molecule has 1 aliphatic rings. The average Bonchev–Trinajstić information content (AvgIpc) is 3.20. The van der Waals surface area contributed by atoms with Crippen LogP contribution in [0.5, 0.6) is 0 Å². The number of hydrogen-bond donors (Lipinski definition) is 1. The molecule has 0 amide bonds. The van der Waals surface area contributed by atoms with Crippen LogP contribution in [0.3, 0.4) is 0 Å². The highest BCUT2D eigenvalue weighted by Crippen LogP contribution is 2.37. The van der Waals surface area contributed by atoms with Gasteiger partial charge in [-0.05, 0) is 25.0 Å². The van der Waals surface area contributed by atoms with Crippen LogP contribution in [-0.2, 0) is 11.3 Å². The highest BCUT2D eigenvalue weighted by atomic mass is 16.5. The van der Waals surface area contributed by atoms with Crippen LogP contribution >= 0.6 is 0 Å². The number of nitrogens with two attached hydrogens (primary N) is 1. The fraction of sp³-hybridized carbons (Fsp3) is 0.286. The molecule has 5 heteroatoms. The van der Waals surface area contributed by atoms with Gasteiger partial charge < -0.3 is 15.0 Å². The molecule has 0 bridgehead atoms. The van der Waals surface area contributed by atoms with Crippen LogP contribution in [0.25, 0.3) is 0 Å². The van der Waals surface area contributed by atoms with E-state index in [9.17, 15) is 4.79 Å². The number of ether oxygens (including phenoxy) is 1. The number of rotatable bonds is 4. The van der Waals surface area contributed by atoms with Gasteiger partial charge in [-0.15, -0.1) is 0 Å². The smallest absolute Gasteiger partial charge is 0.355 e. The zero-order chi connectivity index (χ0) is 13.2. The summed E-state index contributed by atoms with van der Waals surface area (Å²) < 4.78 is 7.21. The lowest BCUT2D eigenvalue weighted by molar-refractivity contribution is 0.0459. The Kier molecular flexibility index (Phi) is 2.95. The van der Waals surface area contributed by atoms with Crippen LogP contribution in [0.15, 0.2) is 36.8 Å². The van der Waals surface area contributed by atoms with E-state index < -0.39 is 0 Å². The zero-order valence-corrected chi connectivity index (χ0v) is 10.5. The van der Waals surface area contributed by atoms with Crippen molar-refractivity contribution in [3.8, 4) is 0 Å². The van der Waals surface area contributed by atoms with Crippen molar-refractivity contribution in [3.05, 3.63) is 48.0 Å². The normalized spacial score (nSPS) is 14.3. The monoisotopic (exact) mass is 257 g/mol. The predicted octanol–water partition coefficient (Wildman–Crippen LogP) is 2.16. The molecule has 1 fully saturated rings. The van der Waals surface area contributed by atoms with Crippen LogP contribution in [0.1, 0.15) is 34.9 Å². The van der Waals surface area contributed by atoms with E-state index in [-0.39, 0.29) is 12.6 Å². The third-order valence-electron chi connectivity index (χ3n) is 3.11. The minimum atomic E-state index is -0.340. The highest BCUT2D eigenvalue weighted by molar-refractivity contribution is 5.89. The van der Waals surface area contributed by atoms with Crippen molar-refractivity contribution in [1.29, 1.82) is 0 Å². The van der Waals surface area contributed by atoms with Crippen molar-refractivity contribution in [1.82, 2.24) is 9.55 Å². The lowest BCUT2D eigenvalue weighted by Gasteiger charge is -2.07. The summed E-state index contributed by atoms with van der Waals surface area (Å²) >= 11 is 0. The fourth-order valence-electron chi connectivity index (χ4n) is 2.03. The summed E-state index contributed by atoms with van der Waals surface area (Å²) in [6, 6.07) is 5.75. The van der Waals surface area contributed by atoms with E-state index >= 15 is 0 Å². The van der Waals surface area contributed by atoms with Crippen LogP contribution in [-0.4, -0.2) is 15.5 Å². The Morgan fingerprint density at radius 3 is 3.05 bits per heavy atom. The molecule has 3 rings (SSSR count). The molecule has 2 aromatic rings. The maximum absolute atomic E-state index is 12.1. The number of carbonyl (C=O) groups is 1. The van der Waals surface area contributed by atoms with Crippen molar-refractivity contribution in [2.75, 3.05) is 5.73 Å². The molecule has 19 heavy (non-hydrogen) atoms. The summed E-state index contributed by atoms with van der Waals surface area (Å²) in [5.41, 5.74) is 7.75. The van der Waals surface area contributed by atoms with Crippen molar-refractivity contribution in [2.45, 2.75) is 25.5 Å². The number of nitrogen functional groups attached to an aromatic ring is 1. The SMILES string of the molecule is Nc1cc(C(=O)OCc2cccnc2)n(C2CC2)c1. The second-order valence-corrected chi connectivity index (χ2v) is 4.73. The number of esters is 1. The minimum Gasteiger partial charge on any atom is -0.456 e. The van der Waals surface area contributed by atoms with Crippen LogP contribution in [0.4, 0.5) is 5.69 Å². The van der Waals surface area contributed by atoms with Crippen LogP contribution < -0.4 is 5.73 Å². The number of carbonyl (C=O) groups excluding carboxylic acids is 1. The maximum atomic E-state index is 12.1. The third-order valence-corrected chi connectivity index (χ3v) is 3.11. The molecular weight excluding hydrogens is 242 g/mol. The second kappa shape index (κ2) is 4.76. The van der Waals surface area contributed by atoms with E-state index in [0.717, 1.165) is 18.4 Å². The number of nitrogens with zero attached hydrogens (tertiary/aromatic N) is 2. The zero-order valence-electron chi connectivity index (χ0n) is 10.5. The molecule has 0 aromatic carbocycles. The largest absolute Gasteiger partial charge is 0.456 e. The van der Waals surface area contributed by atoms with E-state index in [1.807, 2.05) is 16.7 Å². The Labute approximate surface area is 111 Å². The van der Waals surface area contributed by atoms with Crippen LogP contribution in [0, 0.1) is 0 Å². The van der Waals surface area contributed by atoms with Gasteiger partial charge in [0, 0.05) is 30.2 Å². The van der Waals surface area contributed by atoms with Gasteiger partial charge in [0.2, 0.25) is 0 Å². The first-order valence-corrected chi connectivity index (χ1v) is 6.27. The molecule has 2 heterocycles. The molecule has 0 aliphatic heterocycles. The summed E-state index contributed by atoms with van der Waals surface area (Å²) in [5.74, 6) is -0.340. The van der Waals surface area contributed by atoms with Crippen LogP contribution in [0.2, 0.25) is 0 Å². The fourth-order valence-corrected chi connectivity index (χ4v) is 2.03. The van der Waals surface area contributed by atoms with Crippen molar-refractivity contribution >= 4 is 11.7 Å². The van der Waals surface area contributed by atoms with Crippen molar-refractivity contribution in [3.63, 3.8) is 0 Å². The van der Waals surface area contributed by atoms with Crippen molar-refractivity contribution < 1.29 is 9.53 Å². The third kappa shape index (κ3) is 2.59. The Hall–Kier alpha value is -2.30. The highest BCUT2D eigenvalue weighted by Gasteiger charge is 2.28. The van der Waals surface area contributed by atoms with E-state index in [1.165, 1.54) is 0 Å². The first-order valence-electron chi connectivity index (χ1n) is 6.27. The van der Waals surface area contributed by atoms with Gasteiger partial charge in [-0.1, -0.05) is 6.07 Å². The molecule has 0 atom stereocenters. The van der Waals surface area contributed by atoms with Gasteiger partial charge in [0.1, 0.15) is 12.3 Å². The first-order chi connectivity index (χ1) is 9.24. The van der Waals surface area contributed by atoms with Gasteiger partial charge in [-0.3, -0.25) is 4.98 Å². The molecule has 0 saturated heterocycles. The molecule has 2 N–H and O–H groups in total. The van der Waals surface area contributed by atoms with E-state index in [0.29, 0.717) is 17.4 Å². The lowest BCUT2D eigenvalue weighted by Crippen LogP contribution is -2.11. The molecule has 98 valence electrons. The van der Waals surface area contributed by atoms with Gasteiger partial charge in [-0.25, -0.2) is 4.79 Å². The molecule has 1 aliphatic carbocycles. The second-order valence-electron chi connectivity index (χ2n) is 4.73. The Balaban J connectivity index is 1.70. The van der Waals surface area contributed by atoms with E-state index in [2.05, 4.69) is 4.98 Å². The van der Waals surface area contributed by atoms with E-state index in [4.69, 9.17) is 10.5 Å². The summed E-state index contributed by atoms with van der Waals surface area (Å²) in [6.07, 6.45) is 7.36. The Morgan fingerprint density at radius 2 is 2.37 bits per heavy atom. The van der Waals surface area contributed by atoms with Gasteiger partial charge in [0.15, 0.2) is 0 Å². The van der Waals surface area contributed by atoms with Gasteiger partial charge in [-0.2, -0.15) is 0 Å². The molecule has 0 radical (unpaired) electrons. The quantitative estimate of drug-likeness (QED) is 0.852. The molecule has 1 saturated carbocycles. The summed E-state index contributed by atoms with van der Waals surface area (Å²) in [7, 11) is 0. The number of pyridine rings is 1. The molecule has 5 nitrogen and oxygen atoms in total. The number of anilines is 1. The predicted molar refractivity (Wildman–Crippen MR) is 70.5 cm³/mol. The average molecular weight is 257 g/mol. The summed E-state index contributed by atoms with van der Waals surface area (Å²) in [6.45, 7) is 0.225. The Bertz CT molecular complexity index is 588. The van der Waals surface area contributed by atoms with E-state index in [1.54, 1.807) is 24.7 Å². The topological polar surface area (TPSA) is 70.1 Å². The standard InChI is InChI=1S/C14H15N3O2/c15-11-6-13(17(8-11)12-3-4-12)14(18)19-9-10-2-1-5-16-7-10/h1-2,5-8,12H,3-4,9,15H2. The number of aromatic nitrogens is 2. The number of hydrogen-bond acceptors (Lipinski definition) is 4.